The molecule has 6 heteroatoms. The fraction of sp³-hybridized carbons (Fsp3) is 0.250. The molecule has 114 valence electrons. The van der Waals surface area contributed by atoms with Gasteiger partial charge in [-0.2, -0.15) is 0 Å². The predicted molar refractivity (Wildman–Crippen MR) is 92.8 cm³/mol. The predicted octanol–water partition coefficient (Wildman–Crippen LogP) is 4.35. The summed E-state index contributed by atoms with van der Waals surface area (Å²) in [4.78, 5) is 18.7. The molecule has 1 fully saturated rings. The summed E-state index contributed by atoms with van der Waals surface area (Å²) in [7, 11) is 0. The molecule has 22 heavy (non-hydrogen) atoms. The molecule has 1 amide bonds. The summed E-state index contributed by atoms with van der Waals surface area (Å²) >= 11 is 9.41. The van der Waals surface area contributed by atoms with Crippen molar-refractivity contribution in [3.63, 3.8) is 0 Å². The van der Waals surface area contributed by atoms with E-state index in [9.17, 15) is 4.79 Å². The van der Waals surface area contributed by atoms with E-state index in [1.807, 2.05) is 12.1 Å². The van der Waals surface area contributed by atoms with Gasteiger partial charge >= 0.3 is 0 Å². The van der Waals surface area contributed by atoms with Crippen LogP contribution in [0.5, 0.6) is 0 Å². The average Bonchev–Trinajstić information content (AvgIpc) is 3.01. The number of carbonyl (C=O) groups is 1. The Morgan fingerprint density at radius 1 is 1.23 bits per heavy atom. The van der Waals surface area contributed by atoms with Crippen molar-refractivity contribution in [3.05, 3.63) is 51.7 Å². The number of aromatic nitrogens is 1. The number of benzene rings is 1. The molecule has 1 aromatic carbocycles. The Morgan fingerprint density at radius 3 is 2.73 bits per heavy atom. The second kappa shape index (κ2) is 6.67. The third-order valence-electron chi connectivity index (χ3n) is 3.62. The van der Waals surface area contributed by atoms with Gasteiger partial charge in [-0.25, -0.2) is 0 Å². The first kappa shape index (κ1) is 15.3. The van der Waals surface area contributed by atoms with E-state index in [2.05, 4.69) is 31.1 Å². The van der Waals surface area contributed by atoms with Gasteiger partial charge in [0.1, 0.15) is 0 Å². The van der Waals surface area contributed by atoms with Gasteiger partial charge in [0.15, 0.2) is 0 Å². The molecule has 0 spiro atoms. The molecule has 1 N–H and O–H groups in total. The second-order valence-corrected chi connectivity index (χ2v) is 6.55. The van der Waals surface area contributed by atoms with Gasteiger partial charge in [0.25, 0.3) is 5.91 Å². The molecule has 2 aromatic rings. The third-order valence-corrected chi connectivity index (χ3v) is 4.29. The Bertz CT molecular complexity index is 702. The van der Waals surface area contributed by atoms with E-state index in [1.165, 1.54) is 12.8 Å². The van der Waals surface area contributed by atoms with Crippen molar-refractivity contribution in [1.29, 1.82) is 0 Å². The van der Waals surface area contributed by atoms with E-state index >= 15 is 0 Å². The van der Waals surface area contributed by atoms with E-state index in [1.54, 1.807) is 24.5 Å². The maximum atomic E-state index is 12.4. The lowest BCUT2D eigenvalue weighted by Crippen LogP contribution is -2.21. The van der Waals surface area contributed by atoms with Crippen molar-refractivity contribution in [1.82, 2.24) is 4.98 Å². The zero-order valence-corrected chi connectivity index (χ0v) is 14.2. The van der Waals surface area contributed by atoms with Gasteiger partial charge in [0.2, 0.25) is 0 Å². The number of hydrogen-bond acceptors (Lipinski definition) is 3. The molecular formula is C16H15BrClN3O. The van der Waals surface area contributed by atoms with Crippen LogP contribution in [0.25, 0.3) is 0 Å². The number of amides is 1. The molecule has 0 aliphatic carbocycles. The van der Waals surface area contributed by atoms with Crippen LogP contribution in [-0.4, -0.2) is 24.0 Å². The smallest absolute Gasteiger partial charge is 0.257 e. The van der Waals surface area contributed by atoms with Crippen LogP contribution in [0.15, 0.2) is 41.1 Å². The van der Waals surface area contributed by atoms with Crippen LogP contribution in [-0.2, 0) is 0 Å². The number of carbonyl (C=O) groups excluding carboxylic acids is 1. The number of nitrogens with one attached hydrogen (secondary N) is 1. The van der Waals surface area contributed by atoms with Crippen LogP contribution < -0.4 is 10.2 Å². The van der Waals surface area contributed by atoms with Crippen molar-refractivity contribution in [3.8, 4) is 0 Å². The maximum Gasteiger partial charge on any atom is 0.257 e. The summed E-state index contributed by atoms with van der Waals surface area (Å²) in [5, 5.41) is 3.55. The first-order chi connectivity index (χ1) is 10.6. The van der Waals surface area contributed by atoms with Crippen LogP contribution in [0, 0.1) is 0 Å². The van der Waals surface area contributed by atoms with E-state index in [0.717, 1.165) is 28.9 Å². The molecule has 0 saturated carbocycles. The minimum atomic E-state index is -0.198. The Morgan fingerprint density at radius 2 is 2.00 bits per heavy atom. The summed E-state index contributed by atoms with van der Waals surface area (Å²) in [6.45, 7) is 2.01. The normalized spacial score (nSPS) is 14.2. The molecule has 1 aliphatic heterocycles. The fourth-order valence-corrected chi connectivity index (χ4v) is 3.11. The van der Waals surface area contributed by atoms with Crippen molar-refractivity contribution >= 4 is 44.8 Å². The molecule has 3 rings (SSSR count). The molecule has 4 nitrogen and oxygen atoms in total. The highest BCUT2D eigenvalue weighted by Crippen LogP contribution is 2.32. The minimum absolute atomic E-state index is 0.198. The average molecular weight is 381 g/mol. The lowest BCUT2D eigenvalue weighted by atomic mass is 10.2. The van der Waals surface area contributed by atoms with Gasteiger partial charge in [-0.15, -0.1) is 0 Å². The summed E-state index contributed by atoms with van der Waals surface area (Å²) in [5.41, 5.74) is 2.25. The van der Waals surface area contributed by atoms with Crippen molar-refractivity contribution < 1.29 is 4.79 Å². The third kappa shape index (κ3) is 3.42. The zero-order chi connectivity index (χ0) is 15.5. The van der Waals surface area contributed by atoms with Gasteiger partial charge < -0.3 is 10.2 Å². The Hall–Kier alpha value is -1.59. The Labute approximate surface area is 142 Å². The monoisotopic (exact) mass is 379 g/mol. The number of nitrogens with zero attached hydrogens (tertiary/aromatic N) is 2. The lowest BCUT2D eigenvalue weighted by molar-refractivity contribution is 0.102. The van der Waals surface area contributed by atoms with E-state index < -0.39 is 0 Å². The van der Waals surface area contributed by atoms with Gasteiger partial charge in [-0.05, 0) is 53.0 Å². The van der Waals surface area contributed by atoms with Crippen molar-refractivity contribution in [2.75, 3.05) is 23.3 Å². The topological polar surface area (TPSA) is 45.2 Å². The molecule has 1 saturated heterocycles. The second-order valence-electron chi connectivity index (χ2n) is 5.20. The standard InChI is InChI=1S/C16H15BrClN3O/c17-12-7-11(9-19-10-12)16(22)20-14-8-13(18)3-4-15(14)21-5-1-2-6-21/h3-4,7-10H,1-2,5-6H2,(H,20,22). The molecule has 1 aromatic heterocycles. The van der Waals surface area contributed by atoms with E-state index in [0.29, 0.717) is 10.6 Å². The van der Waals surface area contributed by atoms with Gasteiger partial charge in [-0.3, -0.25) is 9.78 Å². The first-order valence-electron chi connectivity index (χ1n) is 7.10. The van der Waals surface area contributed by atoms with Crippen LogP contribution in [0.3, 0.4) is 0 Å². The molecule has 0 bridgehead atoms. The highest BCUT2D eigenvalue weighted by atomic mass is 79.9. The first-order valence-corrected chi connectivity index (χ1v) is 8.27. The number of hydrogen-bond donors (Lipinski definition) is 1. The highest BCUT2D eigenvalue weighted by molar-refractivity contribution is 9.10. The molecule has 0 radical (unpaired) electrons. The van der Waals surface area contributed by atoms with Crippen molar-refractivity contribution in [2.24, 2.45) is 0 Å². The van der Waals surface area contributed by atoms with Crippen LogP contribution in [0.4, 0.5) is 11.4 Å². The number of anilines is 2. The largest absolute Gasteiger partial charge is 0.370 e. The minimum Gasteiger partial charge on any atom is -0.370 e. The van der Waals surface area contributed by atoms with Crippen LogP contribution in [0.2, 0.25) is 5.02 Å². The Kier molecular flexibility index (Phi) is 4.64. The number of pyridine rings is 1. The van der Waals surface area contributed by atoms with Gasteiger partial charge in [0.05, 0.1) is 16.9 Å². The number of rotatable bonds is 3. The number of halogens is 2. The fourth-order valence-electron chi connectivity index (χ4n) is 2.57. The summed E-state index contributed by atoms with van der Waals surface area (Å²) in [6, 6.07) is 7.34. The Balaban J connectivity index is 1.87. The zero-order valence-electron chi connectivity index (χ0n) is 11.9. The summed E-state index contributed by atoms with van der Waals surface area (Å²) in [5.74, 6) is -0.198. The SMILES string of the molecule is O=C(Nc1cc(Cl)ccc1N1CCCC1)c1cncc(Br)c1. The summed E-state index contributed by atoms with van der Waals surface area (Å²) in [6.07, 6.45) is 5.53. The van der Waals surface area contributed by atoms with Crippen molar-refractivity contribution in [2.45, 2.75) is 12.8 Å². The quantitative estimate of drug-likeness (QED) is 0.861. The molecule has 1 aliphatic rings. The highest BCUT2D eigenvalue weighted by Gasteiger charge is 2.18. The molecular weight excluding hydrogens is 366 g/mol. The van der Waals surface area contributed by atoms with E-state index in [-0.39, 0.29) is 5.91 Å². The lowest BCUT2D eigenvalue weighted by Gasteiger charge is -2.21. The van der Waals surface area contributed by atoms with E-state index in [4.69, 9.17) is 11.6 Å². The summed E-state index contributed by atoms with van der Waals surface area (Å²) < 4.78 is 0.769. The van der Waals surface area contributed by atoms with Gasteiger partial charge in [0, 0.05) is 35.0 Å². The van der Waals surface area contributed by atoms with Crippen LogP contribution in [0.1, 0.15) is 23.2 Å². The molecule has 0 unspecified atom stereocenters. The maximum absolute atomic E-state index is 12.4. The molecule has 0 atom stereocenters. The van der Waals surface area contributed by atoms with Crippen LogP contribution >= 0.6 is 27.5 Å². The van der Waals surface area contributed by atoms with Gasteiger partial charge in [-0.1, -0.05) is 11.6 Å². The molecule has 2 heterocycles.